The molecule has 1 aliphatic rings. The Balaban J connectivity index is 1.39. The van der Waals surface area contributed by atoms with Crippen LogP contribution < -0.4 is 10.0 Å². The summed E-state index contributed by atoms with van der Waals surface area (Å²) in [4.78, 5) is 12.4. The van der Waals surface area contributed by atoms with Crippen molar-refractivity contribution in [2.24, 2.45) is 4.99 Å². The quantitative estimate of drug-likeness (QED) is 0.157. The van der Waals surface area contributed by atoms with Crippen LogP contribution in [0.3, 0.4) is 0 Å². The molecule has 0 atom stereocenters. The van der Waals surface area contributed by atoms with Crippen molar-refractivity contribution in [2.75, 3.05) is 12.8 Å². The molecule has 9 heteroatoms. The number of rotatable bonds is 8. The van der Waals surface area contributed by atoms with E-state index in [9.17, 15) is 4.39 Å². The molecule has 0 fully saturated rings. The van der Waals surface area contributed by atoms with Crippen LogP contribution in [0.4, 0.5) is 4.39 Å². The summed E-state index contributed by atoms with van der Waals surface area (Å²) in [6.07, 6.45) is 11.7. The van der Waals surface area contributed by atoms with Gasteiger partial charge in [-0.2, -0.15) is 14.5 Å². The molecule has 4 heterocycles. The standard InChI is InChI=1S/C33H34FN7S/c1-20(2)38-26-13-23(8-9-35-17-26)22-6-7-30-28(14-22)33(41-40-30)31-15-27-29(18-36-19-32(27)39-31)24-10-21(11-25(34)12-24)16-37-42(3,4)5/h6-8,10-15,17-20,37-39H,3-4,9,16H2,1-2,5H3,(H,40,41). The average Bonchev–Trinajstić information content (AvgIpc) is 3.49. The molecule has 0 saturated carbocycles. The van der Waals surface area contributed by atoms with Gasteiger partial charge in [0.2, 0.25) is 0 Å². The fourth-order valence-electron chi connectivity index (χ4n) is 5.15. The maximum Gasteiger partial charge on any atom is 0.124 e. The number of allylic oxidation sites excluding steroid dienone is 3. The largest absolute Gasteiger partial charge is 0.382 e. The highest BCUT2D eigenvalue weighted by molar-refractivity contribution is 8.25. The molecule has 0 bridgehead atoms. The maximum atomic E-state index is 14.7. The molecule has 6 rings (SSSR count). The molecule has 0 saturated heterocycles. The van der Waals surface area contributed by atoms with Gasteiger partial charge in [0.15, 0.2) is 0 Å². The molecule has 1 aliphatic heterocycles. The zero-order chi connectivity index (χ0) is 29.4. The summed E-state index contributed by atoms with van der Waals surface area (Å²) >= 11 is 0. The van der Waals surface area contributed by atoms with E-state index in [4.69, 9.17) is 0 Å². The van der Waals surface area contributed by atoms with E-state index in [0.717, 1.165) is 66.7 Å². The summed E-state index contributed by atoms with van der Waals surface area (Å²) in [5.41, 5.74) is 9.05. The summed E-state index contributed by atoms with van der Waals surface area (Å²) in [6.45, 7) is 5.33. The van der Waals surface area contributed by atoms with Crippen LogP contribution in [0.15, 0.2) is 77.7 Å². The van der Waals surface area contributed by atoms with Crippen LogP contribution in [-0.2, 0) is 6.54 Å². The molecule has 214 valence electrons. The third-order valence-corrected chi connectivity index (χ3v) is 7.84. The van der Waals surface area contributed by atoms with E-state index < -0.39 is 9.39 Å². The second kappa shape index (κ2) is 11.1. The van der Waals surface area contributed by atoms with E-state index in [1.165, 1.54) is 6.07 Å². The Morgan fingerprint density at radius 2 is 1.88 bits per heavy atom. The van der Waals surface area contributed by atoms with Crippen LogP contribution >= 0.6 is 9.39 Å². The van der Waals surface area contributed by atoms with Crippen molar-refractivity contribution in [1.82, 2.24) is 30.2 Å². The number of benzene rings is 2. The summed E-state index contributed by atoms with van der Waals surface area (Å²) in [7, 11) is -1.42. The minimum atomic E-state index is -1.42. The molecule has 0 aliphatic carbocycles. The first-order valence-corrected chi connectivity index (χ1v) is 16.1. The topological polar surface area (TPSA) is 93.8 Å². The number of fused-ring (bicyclic) bond motifs is 2. The lowest BCUT2D eigenvalue weighted by molar-refractivity contribution is 0.625. The van der Waals surface area contributed by atoms with E-state index in [0.29, 0.717) is 19.1 Å². The SMILES string of the molecule is C=S(=C)(C)NCc1cc(F)cc(-c2cncc3[nH]c(-c4n[nH]c5ccc(C6=CCN=CC(NC(C)C)=C6)cc45)cc23)c1. The Kier molecular flexibility index (Phi) is 7.30. The summed E-state index contributed by atoms with van der Waals surface area (Å²) in [5, 5.41) is 13.2. The first kappa shape index (κ1) is 27.7. The second-order valence-corrected chi connectivity index (χ2v) is 14.0. The number of H-pyrrole nitrogens is 2. The molecule has 0 unspecified atom stereocenters. The summed E-state index contributed by atoms with van der Waals surface area (Å²) in [5.74, 6) is 7.82. The Labute approximate surface area is 245 Å². The Morgan fingerprint density at radius 1 is 1.02 bits per heavy atom. The van der Waals surface area contributed by atoms with Crippen molar-refractivity contribution in [3.05, 3.63) is 89.7 Å². The molecule has 2 aromatic carbocycles. The lowest BCUT2D eigenvalue weighted by atomic mass is 10.0. The number of pyridine rings is 1. The Bertz CT molecular complexity index is 2010. The zero-order valence-electron chi connectivity index (χ0n) is 24.0. The van der Waals surface area contributed by atoms with E-state index in [1.807, 2.05) is 18.5 Å². The van der Waals surface area contributed by atoms with Gasteiger partial charge in [-0.05, 0) is 84.8 Å². The van der Waals surface area contributed by atoms with Crippen LogP contribution in [-0.4, -0.2) is 57.0 Å². The summed E-state index contributed by atoms with van der Waals surface area (Å²) in [6, 6.07) is 13.8. The molecule has 42 heavy (non-hydrogen) atoms. The van der Waals surface area contributed by atoms with Crippen molar-refractivity contribution >= 4 is 54.7 Å². The maximum absolute atomic E-state index is 14.7. The van der Waals surface area contributed by atoms with Gasteiger partial charge in [0.25, 0.3) is 0 Å². The highest BCUT2D eigenvalue weighted by Gasteiger charge is 2.16. The number of nitrogens with one attached hydrogen (secondary N) is 4. The van der Waals surface area contributed by atoms with E-state index in [-0.39, 0.29) is 5.82 Å². The molecule has 0 spiro atoms. The predicted molar refractivity (Wildman–Crippen MR) is 179 cm³/mol. The fourth-order valence-corrected chi connectivity index (χ4v) is 5.67. The molecule has 0 radical (unpaired) electrons. The van der Waals surface area contributed by atoms with E-state index >= 15 is 0 Å². The van der Waals surface area contributed by atoms with Crippen molar-refractivity contribution in [3.63, 3.8) is 0 Å². The molecule has 3 aromatic heterocycles. The van der Waals surface area contributed by atoms with Gasteiger partial charge in [-0.25, -0.2) is 4.39 Å². The summed E-state index contributed by atoms with van der Waals surface area (Å²) < 4.78 is 18.0. The minimum Gasteiger partial charge on any atom is -0.382 e. The highest BCUT2D eigenvalue weighted by atomic mass is 32.2. The predicted octanol–water partition coefficient (Wildman–Crippen LogP) is 6.57. The lowest BCUT2D eigenvalue weighted by Gasteiger charge is -2.12. The zero-order valence-corrected chi connectivity index (χ0v) is 24.8. The van der Waals surface area contributed by atoms with Gasteiger partial charge >= 0.3 is 0 Å². The van der Waals surface area contributed by atoms with Gasteiger partial charge in [0.05, 0.1) is 35.2 Å². The normalized spacial score (nSPS) is 13.9. The van der Waals surface area contributed by atoms with Crippen LogP contribution in [0, 0.1) is 5.82 Å². The third-order valence-electron chi connectivity index (χ3n) is 7.00. The number of aromatic nitrogens is 4. The number of aromatic amines is 2. The van der Waals surface area contributed by atoms with Crippen molar-refractivity contribution in [1.29, 1.82) is 0 Å². The lowest BCUT2D eigenvalue weighted by Crippen LogP contribution is -2.22. The van der Waals surface area contributed by atoms with E-state index in [2.05, 4.69) is 97.2 Å². The number of hydrogen-bond acceptors (Lipinski definition) is 5. The number of aliphatic imine (C=N–C) groups is 1. The Morgan fingerprint density at radius 3 is 2.69 bits per heavy atom. The van der Waals surface area contributed by atoms with Crippen molar-refractivity contribution < 1.29 is 4.39 Å². The van der Waals surface area contributed by atoms with Crippen molar-refractivity contribution in [2.45, 2.75) is 26.4 Å². The molecule has 7 nitrogen and oxygen atoms in total. The van der Waals surface area contributed by atoms with E-state index in [1.54, 1.807) is 18.5 Å². The van der Waals surface area contributed by atoms with Gasteiger partial charge in [-0.3, -0.25) is 19.8 Å². The highest BCUT2D eigenvalue weighted by Crippen LogP contribution is 2.35. The van der Waals surface area contributed by atoms with Gasteiger partial charge in [0.1, 0.15) is 11.5 Å². The molecular formula is C33H34FN7S. The monoisotopic (exact) mass is 579 g/mol. The molecule has 0 amide bonds. The number of nitrogens with zero attached hydrogens (tertiary/aromatic N) is 3. The molecule has 4 N–H and O–H groups in total. The average molecular weight is 580 g/mol. The second-order valence-electron chi connectivity index (χ2n) is 11.2. The number of halogens is 1. The van der Waals surface area contributed by atoms with Crippen LogP contribution in [0.25, 0.3) is 49.9 Å². The third kappa shape index (κ3) is 5.93. The minimum absolute atomic E-state index is 0.299. The van der Waals surface area contributed by atoms with Crippen LogP contribution in [0.5, 0.6) is 0 Å². The van der Waals surface area contributed by atoms with Crippen LogP contribution in [0.1, 0.15) is 25.0 Å². The Hall–Kier alpha value is -4.47. The number of hydrogen-bond donors (Lipinski definition) is 4. The first-order valence-electron chi connectivity index (χ1n) is 13.8. The molecule has 5 aromatic rings. The van der Waals surface area contributed by atoms with Gasteiger partial charge in [-0.1, -0.05) is 23.9 Å². The molecular weight excluding hydrogens is 545 g/mol. The van der Waals surface area contributed by atoms with Crippen LogP contribution in [0.2, 0.25) is 0 Å². The van der Waals surface area contributed by atoms with Crippen molar-refractivity contribution in [3.8, 4) is 22.5 Å². The first-order chi connectivity index (χ1) is 20.1. The smallest absolute Gasteiger partial charge is 0.124 e. The van der Waals surface area contributed by atoms with Gasteiger partial charge in [-0.15, -0.1) is 0 Å². The van der Waals surface area contributed by atoms with Gasteiger partial charge < -0.3 is 10.3 Å². The van der Waals surface area contributed by atoms with Gasteiger partial charge in [0, 0.05) is 41.3 Å². The fraction of sp³-hybridized carbons (Fsp3) is 0.182.